The molecule has 0 aromatic heterocycles. The molecule has 2 aliphatic carbocycles. The van der Waals surface area contributed by atoms with Gasteiger partial charge in [-0.15, -0.1) is 0 Å². The maximum atomic E-state index is 13.8. The van der Waals surface area contributed by atoms with Crippen molar-refractivity contribution in [2.24, 2.45) is 17.8 Å². The Labute approximate surface area is 120 Å². The number of hydrogen-bond donors (Lipinski definition) is 1. The van der Waals surface area contributed by atoms with Crippen LogP contribution in [-0.4, -0.2) is 30.6 Å². The topological polar surface area (TPSA) is 23.5 Å². The first-order valence-electron chi connectivity index (χ1n) is 7.56. The number of aliphatic hydroxyl groups is 1. The molecule has 2 aliphatic rings. The van der Waals surface area contributed by atoms with E-state index in [2.05, 4.69) is 4.90 Å². The Morgan fingerprint density at radius 1 is 1.30 bits per heavy atom. The summed E-state index contributed by atoms with van der Waals surface area (Å²) in [7, 11) is 4.08. The Morgan fingerprint density at radius 3 is 2.70 bits per heavy atom. The first kappa shape index (κ1) is 14.0. The average Bonchev–Trinajstić information content (AvgIpc) is 3.11. The van der Waals surface area contributed by atoms with Crippen molar-refractivity contribution in [3.8, 4) is 0 Å². The minimum Gasteiger partial charge on any atom is -0.385 e. The van der Waals surface area contributed by atoms with E-state index in [0.717, 1.165) is 30.5 Å². The van der Waals surface area contributed by atoms with Crippen LogP contribution in [0.3, 0.4) is 0 Å². The minimum absolute atomic E-state index is 0.197. The summed E-state index contributed by atoms with van der Waals surface area (Å²) in [6.45, 7) is 2.75. The molecule has 0 radical (unpaired) electrons. The number of halogens is 1. The average molecular weight is 277 g/mol. The number of nitrogens with zero attached hydrogens (tertiary/aromatic N) is 1. The summed E-state index contributed by atoms with van der Waals surface area (Å²) >= 11 is 0. The fourth-order valence-electron chi connectivity index (χ4n) is 4.13. The first-order chi connectivity index (χ1) is 9.41. The van der Waals surface area contributed by atoms with E-state index in [1.165, 1.54) is 18.6 Å². The number of rotatable bonds is 3. The number of aryl methyl sites for hydroxylation is 1. The van der Waals surface area contributed by atoms with Gasteiger partial charge in [0.1, 0.15) is 5.82 Å². The van der Waals surface area contributed by atoms with Crippen molar-refractivity contribution in [3.05, 3.63) is 35.1 Å². The van der Waals surface area contributed by atoms with Crippen LogP contribution in [0.2, 0.25) is 0 Å². The van der Waals surface area contributed by atoms with Crippen LogP contribution in [0, 0.1) is 30.5 Å². The van der Waals surface area contributed by atoms with Crippen LogP contribution in [0.25, 0.3) is 0 Å². The Balaban J connectivity index is 2.00. The SMILES string of the molecule is Cc1cc(F)cc([C@]2(O)[C@@H](CN(C)C)CC[C@@H]3C[C@@H]32)c1. The highest BCUT2D eigenvalue weighted by Crippen LogP contribution is 2.61. The van der Waals surface area contributed by atoms with Gasteiger partial charge in [-0.3, -0.25) is 0 Å². The summed E-state index contributed by atoms with van der Waals surface area (Å²) in [5.74, 6) is 0.923. The zero-order chi connectivity index (χ0) is 14.5. The van der Waals surface area contributed by atoms with Gasteiger partial charge in [0.15, 0.2) is 0 Å². The second kappa shape index (κ2) is 4.81. The third-order valence-corrected chi connectivity index (χ3v) is 5.09. The summed E-state index contributed by atoms with van der Waals surface area (Å²) in [6.07, 6.45) is 3.33. The summed E-state index contributed by atoms with van der Waals surface area (Å²) < 4.78 is 13.8. The largest absolute Gasteiger partial charge is 0.385 e. The maximum absolute atomic E-state index is 13.8. The first-order valence-corrected chi connectivity index (χ1v) is 7.56. The van der Waals surface area contributed by atoms with Crippen molar-refractivity contribution < 1.29 is 9.50 Å². The van der Waals surface area contributed by atoms with Gasteiger partial charge < -0.3 is 10.0 Å². The molecular formula is C17H24FNO. The lowest BCUT2D eigenvalue weighted by Gasteiger charge is -2.42. The van der Waals surface area contributed by atoms with Gasteiger partial charge in [-0.05, 0) is 75.4 Å². The minimum atomic E-state index is -0.847. The van der Waals surface area contributed by atoms with E-state index in [0.29, 0.717) is 11.8 Å². The standard InChI is InChI=1S/C17H24FNO/c1-11-6-14(9-15(18)7-11)17(20)13(10-19(2)3)5-4-12-8-16(12)17/h6-7,9,12-13,16,20H,4-5,8,10H2,1-3H3/t12-,13-,16+,17-/m1/s1. The van der Waals surface area contributed by atoms with E-state index in [-0.39, 0.29) is 11.7 Å². The molecular weight excluding hydrogens is 253 g/mol. The van der Waals surface area contributed by atoms with Crippen LogP contribution in [0.1, 0.15) is 30.4 Å². The van der Waals surface area contributed by atoms with Gasteiger partial charge in [0.05, 0.1) is 5.60 Å². The van der Waals surface area contributed by atoms with Gasteiger partial charge in [0, 0.05) is 12.5 Å². The monoisotopic (exact) mass is 277 g/mol. The van der Waals surface area contributed by atoms with Gasteiger partial charge >= 0.3 is 0 Å². The highest BCUT2D eigenvalue weighted by molar-refractivity contribution is 5.32. The van der Waals surface area contributed by atoms with Crippen LogP contribution in [0.15, 0.2) is 18.2 Å². The van der Waals surface area contributed by atoms with Gasteiger partial charge in [-0.25, -0.2) is 4.39 Å². The van der Waals surface area contributed by atoms with E-state index in [1.54, 1.807) is 0 Å². The van der Waals surface area contributed by atoms with E-state index in [4.69, 9.17) is 0 Å². The summed E-state index contributed by atoms with van der Waals surface area (Å²) in [4.78, 5) is 2.13. The molecule has 0 bridgehead atoms. The molecule has 1 N–H and O–H groups in total. The lowest BCUT2D eigenvalue weighted by Crippen LogP contribution is -2.45. The summed E-state index contributed by atoms with van der Waals surface area (Å²) in [5, 5.41) is 11.4. The van der Waals surface area contributed by atoms with E-state index in [9.17, 15) is 9.50 Å². The van der Waals surface area contributed by atoms with Crippen LogP contribution in [-0.2, 0) is 5.60 Å². The molecule has 1 aromatic rings. The van der Waals surface area contributed by atoms with E-state index < -0.39 is 5.60 Å². The summed E-state index contributed by atoms with van der Waals surface area (Å²) in [6, 6.07) is 5.03. The van der Waals surface area contributed by atoms with Gasteiger partial charge in [0.2, 0.25) is 0 Å². The zero-order valence-electron chi connectivity index (χ0n) is 12.6. The molecule has 4 atom stereocenters. The van der Waals surface area contributed by atoms with Crippen molar-refractivity contribution in [2.75, 3.05) is 20.6 Å². The van der Waals surface area contributed by atoms with Crippen molar-refractivity contribution in [1.82, 2.24) is 4.90 Å². The predicted molar refractivity (Wildman–Crippen MR) is 77.9 cm³/mol. The Hall–Kier alpha value is -0.930. The van der Waals surface area contributed by atoms with Gasteiger partial charge in [0.25, 0.3) is 0 Å². The van der Waals surface area contributed by atoms with Gasteiger partial charge in [-0.1, -0.05) is 6.07 Å². The molecule has 0 unspecified atom stereocenters. The zero-order valence-corrected chi connectivity index (χ0v) is 12.6. The second-order valence-electron chi connectivity index (χ2n) is 6.98. The third kappa shape index (κ3) is 2.27. The highest BCUT2D eigenvalue weighted by Gasteiger charge is 2.59. The van der Waals surface area contributed by atoms with Crippen molar-refractivity contribution in [1.29, 1.82) is 0 Å². The fourth-order valence-corrected chi connectivity index (χ4v) is 4.13. The maximum Gasteiger partial charge on any atom is 0.123 e. The number of fused-ring (bicyclic) bond motifs is 1. The number of benzene rings is 1. The molecule has 110 valence electrons. The molecule has 0 heterocycles. The second-order valence-corrected chi connectivity index (χ2v) is 6.98. The van der Waals surface area contributed by atoms with E-state index >= 15 is 0 Å². The molecule has 2 fully saturated rings. The highest BCUT2D eigenvalue weighted by atomic mass is 19.1. The van der Waals surface area contributed by atoms with Crippen LogP contribution >= 0.6 is 0 Å². The smallest absolute Gasteiger partial charge is 0.123 e. The van der Waals surface area contributed by atoms with Crippen molar-refractivity contribution in [3.63, 3.8) is 0 Å². The molecule has 2 nitrogen and oxygen atoms in total. The predicted octanol–water partition coefficient (Wildman–Crippen LogP) is 2.93. The quantitative estimate of drug-likeness (QED) is 0.918. The van der Waals surface area contributed by atoms with Crippen LogP contribution in [0.4, 0.5) is 4.39 Å². The number of hydrogen-bond acceptors (Lipinski definition) is 2. The van der Waals surface area contributed by atoms with Crippen LogP contribution in [0.5, 0.6) is 0 Å². The van der Waals surface area contributed by atoms with Crippen molar-refractivity contribution >= 4 is 0 Å². The fraction of sp³-hybridized carbons (Fsp3) is 0.647. The van der Waals surface area contributed by atoms with Gasteiger partial charge in [-0.2, -0.15) is 0 Å². The summed E-state index contributed by atoms with van der Waals surface area (Å²) in [5.41, 5.74) is 0.828. The molecule has 1 aromatic carbocycles. The molecule has 0 saturated heterocycles. The Bertz CT molecular complexity index is 495. The normalized spacial score (nSPS) is 36.0. The molecule has 0 amide bonds. The van der Waals surface area contributed by atoms with Crippen molar-refractivity contribution in [2.45, 2.75) is 31.8 Å². The molecule has 0 spiro atoms. The molecule has 20 heavy (non-hydrogen) atoms. The van der Waals surface area contributed by atoms with E-state index in [1.807, 2.05) is 27.1 Å². The Morgan fingerprint density at radius 2 is 2.05 bits per heavy atom. The molecule has 3 rings (SSSR count). The lowest BCUT2D eigenvalue weighted by atomic mass is 9.70. The lowest BCUT2D eigenvalue weighted by molar-refractivity contribution is -0.0752. The third-order valence-electron chi connectivity index (χ3n) is 5.09. The molecule has 2 saturated carbocycles. The Kier molecular flexibility index (Phi) is 3.38. The molecule has 3 heteroatoms. The molecule has 0 aliphatic heterocycles. The van der Waals surface area contributed by atoms with Crippen LogP contribution < -0.4 is 0 Å².